The molecule has 34 heteroatoms. The Bertz CT molecular complexity index is 6370. The maximum Gasteiger partial charge on any atom is 0.319 e. The predicted molar refractivity (Wildman–Crippen MR) is 413 cm³/mol. The van der Waals surface area contributed by atoms with Crippen LogP contribution in [0.25, 0.3) is 132 Å². The van der Waals surface area contributed by atoms with Crippen molar-refractivity contribution >= 4 is 91.9 Å². The van der Waals surface area contributed by atoms with Gasteiger partial charge in [-0.2, -0.15) is 46.2 Å². The Morgan fingerprint density at radius 2 is 0.973 bits per heavy atom. The van der Waals surface area contributed by atoms with Gasteiger partial charge in [0.2, 0.25) is 0 Å². The SMILES string of the molecule is Cc1ccccc1-n1ncnc1-c1[c-]cc2c(c1)nc(C)n2C.Cc1nc2cc(-c3ncnn3C(C)(C)C)[c-]cc2s1.Cn1cnc2cc(-c3ncnn3-c3c(F)cccc3F)[c-]cc21.Cn1ncnc1-c1[c-]cc2sc(F)nc2c1.[C-]#[N+]c1nc2c[c-]c(-c3ncnn3-c3c(C)cc(C(C)C)cc3C)cc2s1.[Ir].[Ir].[Ir].[Ir].[Ir]. The van der Waals surface area contributed by atoms with Crippen LogP contribution in [0.1, 0.15) is 73.6 Å². The normalized spacial score (nSPS) is 10.9. The number of imidazole rings is 2. The second-order valence-corrected chi connectivity index (χ2v) is 29.5. The second kappa shape index (κ2) is 37.3. The van der Waals surface area contributed by atoms with E-state index in [2.05, 4.69) is 189 Å². The Labute approximate surface area is 727 Å². The van der Waals surface area contributed by atoms with Gasteiger partial charge < -0.3 is 14.0 Å². The molecule has 10 aromatic heterocycles. The second-order valence-electron chi connectivity index (χ2n) is 26.3. The number of aryl methyl sites for hydroxylation is 8. The van der Waals surface area contributed by atoms with Crippen LogP contribution in [0.2, 0.25) is 0 Å². The first-order chi connectivity index (χ1) is 52.0. The summed E-state index contributed by atoms with van der Waals surface area (Å²) in [7, 11) is 5.68. The van der Waals surface area contributed by atoms with E-state index < -0.39 is 16.9 Å². The number of benzene rings is 8. The van der Waals surface area contributed by atoms with E-state index in [4.69, 9.17) is 6.57 Å². The van der Waals surface area contributed by atoms with Crippen LogP contribution in [-0.2, 0) is 127 Å². The molecule has 0 saturated heterocycles. The summed E-state index contributed by atoms with van der Waals surface area (Å²) in [6.07, 6.45) is 9.13. The van der Waals surface area contributed by atoms with Crippen LogP contribution in [0.5, 0.6) is 0 Å². The van der Waals surface area contributed by atoms with Gasteiger partial charge in [0, 0.05) is 144 Å². The molecule has 0 bridgehead atoms. The van der Waals surface area contributed by atoms with Crippen LogP contribution in [0.3, 0.4) is 0 Å². The molecule has 10 heterocycles. The Morgan fingerprint density at radius 3 is 1.59 bits per heavy atom. The van der Waals surface area contributed by atoms with Crippen molar-refractivity contribution in [3.8, 4) is 74.0 Å². The molecule has 0 unspecified atom stereocenters. The number of hydrogen-bond acceptors (Lipinski definition) is 18. The summed E-state index contributed by atoms with van der Waals surface area (Å²) in [6.45, 7) is 28.2. The molecule has 0 saturated carbocycles. The number of nitrogens with zero attached hydrogens (tertiary/aromatic N) is 23. The number of aromatic nitrogens is 22. The number of thiazole rings is 3. The summed E-state index contributed by atoms with van der Waals surface area (Å²) < 4.78 is 56.2. The largest absolute Gasteiger partial charge is 0.373 e. The first kappa shape index (κ1) is 87.6. The van der Waals surface area contributed by atoms with Crippen molar-refractivity contribution in [2.24, 2.45) is 21.1 Å². The molecule has 0 spiro atoms. The first-order valence-electron chi connectivity index (χ1n) is 33.7. The van der Waals surface area contributed by atoms with E-state index >= 15 is 0 Å². The zero-order chi connectivity index (χ0) is 75.8. The fourth-order valence-corrected chi connectivity index (χ4v) is 14.3. The van der Waals surface area contributed by atoms with E-state index in [0.717, 1.165) is 131 Å². The Morgan fingerprint density at radius 1 is 0.460 bits per heavy atom. The van der Waals surface area contributed by atoms with Gasteiger partial charge in [-0.3, -0.25) is 58.6 Å². The van der Waals surface area contributed by atoms with E-state index in [-0.39, 0.29) is 112 Å². The molecule has 0 aliphatic carbocycles. The molecule has 0 atom stereocenters. The minimum Gasteiger partial charge on any atom is -0.373 e. The van der Waals surface area contributed by atoms with E-state index in [1.807, 2.05) is 101 Å². The Balaban J connectivity index is 0.000000162. The molecular weight excluding hydrogens is 2390 g/mol. The predicted octanol–water partition coefficient (Wildman–Crippen LogP) is 17.2. The van der Waals surface area contributed by atoms with E-state index in [0.29, 0.717) is 33.8 Å². The number of fused-ring (bicyclic) bond motifs is 5. The van der Waals surface area contributed by atoms with Crippen LogP contribution >= 0.6 is 34.0 Å². The maximum atomic E-state index is 14.0. The molecule has 5 radical (unpaired) electrons. The quantitative estimate of drug-likeness (QED) is 0.122. The fourth-order valence-electron chi connectivity index (χ4n) is 12.1. The van der Waals surface area contributed by atoms with Crippen molar-refractivity contribution in [1.29, 1.82) is 0 Å². The third kappa shape index (κ3) is 18.7. The number of para-hydroxylation sites is 2. The van der Waals surface area contributed by atoms with Gasteiger partial charge >= 0.3 is 5.13 Å². The smallest absolute Gasteiger partial charge is 0.319 e. The van der Waals surface area contributed by atoms with Gasteiger partial charge in [-0.15, -0.1) is 135 Å². The van der Waals surface area contributed by atoms with Crippen LogP contribution in [0.15, 0.2) is 153 Å². The third-order valence-electron chi connectivity index (χ3n) is 17.4. The fraction of sp³-hybridized carbons (Fsp3) is 0.190. The van der Waals surface area contributed by atoms with Crippen LogP contribution in [0, 0.1) is 88.4 Å². The molecule has 0 aliphatic heterocycles. The van der Waals surface area contributed by atoms with E-state index in [9.17, 15) is 13.2 Å². The summed E-state index contributed by atoms with van der Waals surface area (Å²) in [5.41, 5.74) is 16.5. The van der Waals surface area contributed by atoms with Gasteiger partial charge in [-0.25, -0.2) is 18.4 Å². The van der Waals surface area contributed by atoms with Gasteiger partial charge in [0.05, 0.1) is 63.2 Å². The van der Waals surface area contributed by atoms with Crippen molar-refractivity contribution in [3.63, 3.8) is 0 Å². The van der Waals surface area contributed by atoms with Gasteiger partial charge in [0.1, 0.15) is 37.3 Å². The van der Waals surface area contributed by atoms with Crippen molar-refractivity contribution in [2.75, 3.05) is 0 Å². The summed E-state index contributed by atoms with van der Waals surface area (Å²) in [5.74, 6) is 3.35. The Hall–Kier alpha value is -9.40. The third-order valence-corrected chi connectivity index (χ3v) is 20.1. The summed E-state index contributed by atoms with van der Waals surface area (Å²) in [4.78, 5) is 46.3. The number of halogens is 3. The molecule has 0 fully saturated rings. The van der Waals surface area contributed by atoms with E-state index in [1.54, 1.807) is 72.6 Å². The minimum atomic E-state index is -0.712. The molecule has 0 aliphatic rings. The van der Waals surface area contributed by atoms with Gasteiger partial charge in [-0.1, -0.05) is 62.9 Å². The molecule has 18 rings (SSSR count). The van der Waals surface area contributed by atoms with Gasteiger partial charge in [0.15, 0.2) is 11.6 Å². The molecule has 0 N–H and O–H groups in total. The van der Waals surface area contributed by atoms with Crippen LogP contribution < -0.4 is 0 Å². The molecule has 23 nitrogen and oxygen atoms in total. The van der Waals surface area contributed by atoms with Gasteiger partial charge in [-0.05, 0) is 132 Å². The first-order valence-corrected chi connectivity index (χ1v) is 36.1. The van der Waals surface area contributed by atoms with Crippen LogP contribution in [0.4, 0.5) is 18.3 Å². The average Bonchev–Trinajstić information content (AvgIpc) is 1.70. The number of hydrogen-bond donors (Lipinski definition) is 0. The molecule has 0 amide bonds. The topological polar surface area (TPSA) is 232 Å². The van der Waals surface area contributed by atoms with Gasteiger partial charge in [0.25, 0.3) is 5.26 Å². The maximum absolute atomic E-state index is 14.0. The zero-order valence-corrected chi connectivity index (χ0v) is 76.7. The van der Waals surface area contributed by atoms with Crippen molar-refractivity contribution in [3.05, 3.63) is 245 Å². The van der Waals surface area contributed by atoms with Crippen LogP contribution in [-0.4, -0.2) is 108 Å². The standard InChI is InChI=1S/C21H18N5S.C18H16N5.C16H10F2N5.C14H15N4S.C10H6FN4S.5Ir/c1-12(2)16-8-13(3)19(14(4)9-16)26-20(23-11-24-26)15-6-7-17-18(10-15)27-21(22-5)25-17;1-12-6-4-5-7-16(12)23-18(19-11-20-23)14-8-9-17-15(10-14)21-13(2)22(17)3;1-22-9-20-13-7-10(5-6-14(13)22)16-19-8-21-23(16)15-11(17)3-2-4-12(15)18;1-9-17-11-7-10(5-6-12(11)19-9)13-15-8-16-18(13)14(2,3)4;1-15-9(12-5-13-15)6-2-3-8-7(4-6)14-10(11)16-8;;;;;/h7-12H,1-4H3;4-7,9-11H,1-3H3;2-4,6-9H,1H3;6-8H,1-4H3;3-5H,1H3;;;;;/q5*-1;;;;;. The van der Waals surface area contributed by atoms with Crippen molar-refractivity contribution < 1.29 is 114 Å². The molecule has 8 aromatic carbocycles. The summed E-state index contributed by atoms with van der Waals surface area (Å²) in [5, 5.41) is 22.2. The number of rotatable bonds is 9. The molecular formula is C79H65F3Ir5N23S3-5. The molecule has 113 heavy (non-hydrogen) atoms. The van der Waals surface area contributed by atoms with Crippen molar-refractivity contribution in [2.45, 2.75) is 80.7 Å². The monoisotopic (exact) mass is 2450 g/mol. The zero-order valence-electron chi connectivity index (χ0n) is 62.3. The molecule has 18 aromatic rings. The minimum absolute atomic E-state index is 0. The van der Waals surface area contributed by atoms with E-state index in [1.165, 1.54) is 58.9 Å². The summed E-state index contributed by atoms with van der Waals surface area (Å²) in [6, 6.07) is 51.0. The summed E-state index contributed by atoms with van der Waals surface area (Å²) >= 11 is 4.07. The average molecular weight is 2450 g/mol. The molecule has 585 valence electrons. The Kier molecular flexibility index (Phi) is 28.9. The van der Waals surface area contributed by atoms with Crippen molar-refractivity contribution in [1.82, 2.24) is 108 Å².